The lowest BCUT2D eigenvalue weighted by molar-refractivity contribution is 0.0679. The van der Waals surface area contributed by atoms with Crippen molar-refractivity contribution in [1.82, 2.24) is 4.90 Å². The molecule has 2 atom stereocenters. The Bertz CT molecular complexity index is 506. The van der Waals surface area contributed by atoms with Gasteiger partial charge in [-0.25, -0.2) is 8.78 Å². The lowest BCUT2D eigenvalue weighted by atomic mass is 10.1. The lowest BCUT2D eigenvalue weighted by Crippen LogP contribution is -2.42. The van der Waals surface area contributed by atoms with Crippen LogP contribution in [0.4, 0.5) is 8.78 Å². The Balaban J connectivity index is 1.98. The van der Waals surface area contributed by atoms with E-state index in [0.29, 0.717) is 0 Å². The molecule has 0 saturated carbocycles. The van der Waals surface area contributed by atoms with Crippen LogP contribution in [0.5, 0.6) is 0 Å². The molecule has 2 bridgehead atoms. The molecule has 94 valence electrons. The number of nitrogens with zero attached hydrogens (tertiary/aromatic N) is 1. The predicted octanol–water partition coefficient (Wildman–Crippen LogP) is 2.90. The van der Waals surface area contributed by atoms with Gasteiger partial charge in [0.05, 0.1) is 6.04 Å². The number of hydrogen-bond acceptors (Lipinski definition) is 1. The van der Waals surface area contributed by atoms with Crippen molar-refractivity contribution in [2.75, 3.05) is 0 Å². The molecule has 2 aliphatic heterocycles. The molecular formula is C14H13F2NO. The molecule has 1 fully saturated rings. The minimum absolute atomic E-state index is 0.00439. The van der Waals surface area contributed by atoms with Crippen LogP contribution < -0.4 is 0 Å². The molecule has 3 rings (SSSR count). The quantitative estimate of drug-likeness (QED) is 0.701. The van der Waals surface area contributed by atoms with E-state index < -0.39 is 23.1 Å². The summed E-state index contributed by atoms with van der Waals surface area (Å²) in [7, 11) is 0. The first kappa shape index (κ1) is 11.4. The van der Waals surface area contributed by atoms with Crippen molar-refractivity contribution in [2.45, 2.75) is 31.3 Å². The average molecular weight is 249 g/mol. The summed E-state index contributed by atoms with van der Waals surface area (Å²) in [6.45, 7) is 0. The summed E-state index contributed by atoms with van der Waals surface area (Å²) in [6, 6.07) is 3.60. The first-order valence-corrected chi connectivity index (χ1v) is 6.12. The standard InChI is InChI=1S/C14H13F2NO/c15-11-5-2-6-12(16)13(11)14(18)17-9-3-1-4-10(17)8-7-9/h1-3,5-6,9-10H,4,7-8H2. The van der Waals surface area contributed by atoms with Crippen LogP contribution in [0.3, 0.4) is 0 Å². The van der Waals surface area contributed by atoms with Gasteiger partial charge in [0.25, 0.3) is 5.91 Å². The van der Waals surface area contributed by atoms with Gasteiger partial charge in [0, 0.05) is 6.04 Å². The summed E-state index contributed by atoms with van der Waals surface area (Å²) >= 11 is 0. The molecule has 1 aromatic carbocycles. The lowest BCUT2D eigenvalue weighted by Gasteiger charge is -2.31. The third-order valence-corrected chi connectivity index (χ3v) is 3.72. The maximum absolute atomic E-state index is 13.6. The molecule has 0 aromatic heterocycles. The Morgan fingerprint density at radius 1 is 1.22 bits per heavy atom. The van der Waals surface area contributed by atoms with E-state index in [0.717, 1.165) is 31.4 Å². The molecule has 0 spiro atoms. The number of carbonyl (C=O) groups is 1. The molecule has 2 nitrogen and oxygen atoms in total. The molecular weight excluding hydrogens is 236 g/mol. The van der Waals surface area contributed by atoms with E-state index in [1.54, 1.807) is 4.90 Å². The third-order valence-electron chi connectivity index (χ3n) is 3.72. The second kappa shape index (κ2) is 4.19. The van der Waals surface area contributed by atoms with Gasteiger partial charge < -0.3 is 4.90 Å². The van der Waals surface area contributed by atoms with E-state index in [2.05, 4.69) is 0 Å². The van der Waals surface area contributed by atoms with Gasteiger partial charge in [-0.05, 0) is 31.4 Å². The number of amides is 1. The first-order chi connectivity index (χ1) is 8.68. The molecule has 2 heterocycles. The molecule has 1 saturated heterocycles. The zero-order valence-electron chi connectivity index (χ0n) is 9.77. The Morgan fingerprint density at radius 2 is 1.94 bits per heavy atom. The summed E-state index contributed by atoms with van der Waals surface area (Å²) in [5.74, 6) is -2.09. The minimum atomic E-state index is -0.783. The number of benzene rings is 1. The van der Waals surface area contributed by atoms with Crippen molar-refractivity contribution < 1.29 is 13.6 Å². The molecule has 1 amide bonds. The van der Waals surface area contributed by atoms with Crippen molar-refractivity contribution in [3.8, 4) is 0 Å². The van der Waals surface area contributed by atoms with Crippen LogP contribution in [0.15, 0.2) is 30.4 Å². The highest BCUT2D eigenvalue weighted by Crippen LogP contribution is 2.33. The van der Waals surface area contributed by atoms with Crippen molar-refractivity contribution in [1.29, 1.82) is 0 Å². The smallest absolute Gasteiger partial charge is 0.260 e. The van der Waals surface area contributed by atoms with Gasteiger partial charge >= 0.3 is 0 Å². The van der Waals surface area contributed by atoms with Crippen LogP contribution in [-0.2, 0) is 0 Å². The van der Waals surface area contributed by atoms with Crippen molar-refractivity contribution in [3.63, 3.8) is 0 Å². The highest BCUT2D eigenvalue weighted by molar-refractivity contribution is 5.95. The largest absolute Gasteiger partial charge is 0.329 e. The van der Waals surface area contributed by atoms with Crippen molar-refractivity contribution in [2.24, 2.45) is 0 Å². The predicted molar refractivity (Wildman–Crippen MR) is 63.1 cm³/mol. The number of fused-ring (bicyclic) bond motifs is 2. The molecule has 18 heavy (non-hydrogen) atoms. The summed E-state index contributed by atoms with van der Waals surface area (Å²) in [5, 5.41) is 0. The monoisotopic (exact) mass is 249 g/mol. The SMILES string of the molecule is O=C(c1c(F)cccc1F)N1C2C=CCC1CC2. The fraction of sp³-hybridized carbons (Fsp3) is 0.357. The molecule has 0 N–H and O–H groups in total. The van der Waals surface area contributed by atoms with Crippen LogP contribution in [0.1, 0.15) is 29.6 Å². The van der Waals surface area contributed by atoms with Gasteiger partial charge in [0.15, 0.2) is 0 Å². The van der Waals surface area contributed by atoms with E-state index in [9.17, 15) is 13.6 Å². The molecule has 2 unspecified atom stereocenters. The topological polar surface area (TPSA) is 20.3 Å². The van der Waals surface area contributed by atoms with Crippen LogP contribution in [0.2, 0.25) is 0 Å². The Morgan fingerprint density at radius 3 is 2.61 bits per heavy atom. The van der Waals surface area contributed by atoms with Crippen LogP contribution in [0, 0.1) is 11.6 Å². The number of halogens is 2. The molecule has 2 aliphatic rings. The maximum Gasteiger partial charge on any atom is 0.260 e. The summed E-state index contributed by atoms with van der Waals surface area (Å²) in [5.41, 5.74) is -0.426. The second-order valence-corrected chi connectivity index (χ2v) is 4.77. The van der Waals surface area contributed by atoms with E-state index in [-0.39, 0.29) is 12.1 Å². The highest BCUT2D eigenvalue weighted by Gasteiger charge is 2.39. The Kier molecular flexibility index (Phi) is 2.65. The molecule has 0 aliphatic carbocycles. The van der Waals surface area contributed by atoms with Gasteiger partial charge in [-0.3, -0.25) is 4.79 Å². The highest BCUT2D eigenvalue weighted by atomic mass is 19.1. The van der Waals surface area contributed by atoms with Crippen LogP contribution in [-0.4, -0.2) is 22.9 Å². The minimum Gasteiger partial charge on any atom is -0.329 e. The number of carbonyl (C=O) groups excluding carboxylic acids is 1. The van der Waals surface area contributed by atoms with Gasteiger partial charge in [-0.2, -0.15) is 0 Å². The summed E-state index contributed by atoms with van der Waals surface area (Å²) in [4.78, 5) is 13.9. The van der Waals surface area contributed by atoms with Gasteiger partial charge in [0.2, 0.25) is 0 Å². The fourth-order valence-electron chi connectivity index (χ4n) is 2.87. The van der Waals surface area contributed by atoms with Gasteiger partial charge in [-0.1, -0.05) is 18.2 Å². The van der Waals surface area contributed by atoms with Gasteiger partial charge in [0.1, 0.15) is 17.2 Å². The Hall–Kier alpha value is -1.71. The van der Waals surface area contributed by atoms with E-state index in [4.69, 9.17) is 0 Å². The molecule has 1 aromatic rings. The summed E-state index contributed by atoms with van der Waals surface area (Å²) < 4.78 is 27.2. The zero-order valence-corrected chi connectivity index (χ0v) is 9.77. The maximum atomic E-state index is 13.6. The van der Waals surface area contributed by atoms with Crippen LogP contribution >= 0.6 is 0 Å². The normalized spacial score (nSPS) is 25.6. The second-order valence-electron chi connectivity index (χ2n) is 4.77. The number of rotatable bonds is 1. The van der Waals surface area contributed by atoms with Crippen LogP contribution in [0.25, 0.3) is 0 Å². The van der Waals surface area contributed by atoms with Crippen molar-refractivity contribution in [3.05, 3.63) is 47.5 Å². The third kappa shape index (κ3) is 1.64. The van der Waals surface area contributed by atoms with E-state index in [1.807, 2.05) is 12.2 Å². The Labute approximate surface area is 104 Å². The summed E-state index contributed by atoms with van der Waals surface area (Å²) in [6.07, 6.45) is 6.56. The first-order valence-electron chi connectivity index (χ1n) is 6.12. The van der Waals surface area contributed by atoms with E-state index >= 15 is 0 Å². The van der Waals surface area contributed by atoms with E-state index in [1.165, 1.54) is 6.07 Å². The van der Waals surface area contributed by atoms with Crippen molar-refractivity contribution >= 4 is 5.91 Å². The number of hydrogen-bond donors (Lipinski definition) is 0. The molecule has 0 radical (unpaired) electrons. The van der Waals surface area contributed by atoms with Gasteiger partial charge in [-0.15, -0.1) is 0 Å². The zero-order chi connectivity index (χ0) is 12.7. The molecule has 4 heteroatoms. The fourth-order valence-corrected chi connectivity index (χ4v) is 2.87. The average Bonchev–Trinajstić information content (AvgIpc) is 2.59.